The molecule has 0 bridgehead atoms. The van der Waals surface area contributed by atoms with Crippen LogP contribution in [0.3, 0.4) is 0 Å². The number of amides is 1. The van der Waals surface area contributed by atoms with E-state index in [4.69, 9.17) is 16.3 Å². The average Bonchev–Trinajstić information content (AvgIpc) is 2.83. The number of carbonyl (C=O) groups excluding carboxylic acids is 1. The van der Waals surface area contributed by atoms with Crippen molar-refractivity contribution in [3.63, 3.8) is 0 Å². The van der Waals surface area contributed by atoms with Crippen molar-refractivity contribution in [2.75, 3.05) is 38.2 Å². The second-order valence-electron chi connectivity index (χ2n) is 7.42. The molecule has 1 aliphatic heterocycles. The molecule has 1 heterocycles. The normalized spacial score (nSPS) is 13.7. The van der Waals surface area contributed by atoms with Crippen LogP contribution in [-0.4, -0.2) is 49.0 Å². The highest BCUT2D eigenvalue weighted by Crippen LogP contribution is 2.34. The molecule has 1 aliphatic rings. The van der Waals surface area contributed by atoms with Crippen LogP contribution in [0.25, 0.3) is 11.1 Å². The summed E-state index contributed by atoms with van der Waals surface area (Å²) in [6, 6.07) is 19.6. The maximum atomic E-state index is 13.4. The monoisotopic (exact) mass is 451 g/mol. The molecule has 32 heavy (non-hydrogen) atoms. The number of anilines is 1. The van der Waals surface area contributed by atoms with Gasteiger partial charge in [-0.15, -0.1) is 0 Å². The molecular formula is C24H22ClN3O4. The summed E-state index contributed by atoms with van der Waals surface area (Å²) in [5, 5.41) is 11.3. The van der Waals surface area contributed by atoms with Gasteiger partial charge in [0.1, 0.15) is 5.75 Å². The van der Waals surface area contributed by atoms with E-state index in [0.29, 0.717) is 42.5 Å². The molecule has 0 radical (unpaired) electrons. The SMILES string of the molecule is COc1ccccc1-c1ccccc1C(=O)N1CCN(c2ccc([N+](=O)[O-])cc2Cl)CC1. The minimum Gasteiger partial charge on any atom is -0.496 e. The fourth-order valence-electron chi connectivity index (χ4n) is 3.96. The van der Waals surface area contributed by atoms with Crippen molar-refractivity contribution in [2.45, 2.75) is 0 Å². The number of para-hydroxylation sites is 1. The molecule has 1 amide bonds. The lowest BCUT2D eigenvalue weighted by molar-refractivity contribution is -0.384. The van der Waals surface area contributed by atoms with Gasteiger partial charge < -0.3 is 14.5 Å². The maximum absolute atomic E-state index is 13.4. The van der Waals surface area contributed by atoms with Crippen molar-refractivity contribution < 1.29 is 14.5 Å². The molecular weight excluding hydrogens is 430 g/mol. The third kappa shape index (κ3) is 4.24. The Bertz CT molecular complexity index is 1160. The standard InChI is InChI=1S/C24H22ClN3O4/c1-32-23-9-5-4-7-19(23)18-6-2-3-8-20(18)24(29)27-14-12-26(13-15-27)22-11-10-17(28(30)31)16-21(22)25/h2-11,16H,12-15H2,1H3. The first-order chi connectivity index (χ1) is 15.5. The zero-order valence-corrected chi connectivity index (χ0v) is 18.3. The molecule has 3 aromatic carbocycles. The van der Waals surface area contributed by atoms with E-state index in [1.54, 1.807) is 13.2 Å². The maximum Gasteiger partial charge on any atom is 0.271 e. The summed E-state index contributed by atoms with van der Waals surface area (Å²) in [5.74, 6) is 0.673. The van der Waals surface area contributed by atoms with Crippen LogP contribution < -0.4 is 9.64 Å². The van der Waals surface area contributed by atoms with E-state index < -0.39 is 4.92 Å². The summed E-state index contributed by atoms with van der Waals surface area (Å²) in [5.41, 5.74) is 3.02. The number of halogens is 1. The number of nitro groups is 1. The van der Waals surface area contributed by atoms with Crippen molar-refractivity contribution >= 4 is 28.9 Å². The van der Waals surface area contributed by atoms with Crippen LogP contribution in [-0.2, 0) is 0 Å². The van der Waals surface area contributed by atoms with Crippen LogP contribution in [0.2, 0.25) is 5.02 Å². The fourth-order valence-corrected chi connectivity index (χ4v) is 4.25. The summed E-state index contributed by atoms with van der Waals surface area (Å²) >= 11 is 6.28. The number of benzene rings is 3. The van der Waals surface area contributed by atoms with Crippen molar-refractivity contribution in [1.29, 1.82) is 0 Å². The van der Waals surface area contributed by atoms with Gasteiger partial charge in [0.05, 0.1) is 22.7 Å². The van der Waals surface area contributed by atoms with Gasteiger partial charge in [-0.3, -0.25) is 14.9 Å². The van der Waals surface area contributed by atoms with Crippen LogP contribution in [0.1, 0.15) is 10.4 Å². The number of methoxy groups -OCH3 is 1. The zero-order chi connectivity index (χ0) is 22.7. The van der Waals surface area contributed by atoms with Crippen LogP contribution >= 0.6 is 11.6 Å². The number of nitro benzene ring substituents is 1. The molecule has 0 unspecified atom stereocenters. The first-order valence-electron chi connectivity index (χ1n) is 10.2. The number of piperazine rings is 1. The Kier molecular flexibility index (Phi) is 6.28. The number of rotatable bonds is 5. The number of nitrogens with zero attached hydrogens (tertiary/aromatic N) is 3. The topological polar surface area (TPSA) is 75.9 Å². The van der Waals surface area contributed by atoms with E-state index in [0.717, 1.165) is 16.8 Å². The van der Waals surface area contributed by atoms with Crippen LogP contribution in [0.5, 0.6) is 5.75 Å². The van der Waals surface area contributed by atoms with Gasteiger partial charge in [0.15, 0.2) is 0 Å². The number of hydrogen-bond acceptors (Lipinski definition) is 5. The van der Waals surface area contributed by atoms with E-state index in [2.05, 4.69) is 0 Å². The Labute approximate surface area is 190 Å². The third-order valence-corrected chi connectivity index (χ3v) is 5.91. The van der Waals surface area contributed by atoms with E-state index in [1.807, 2.05) is 58.3 Å². The minimum atomic E-state index is -0.467. The average molecular weight is 452 g/mol. The molecule has 0 aromatic heterocycles. The lowest BCUT2D eigenvalue weighted by atomic mass is 9.97. The van der Waals surface area contributed by atoms with Crippen LogP contribution in [0.4, 0.5) is 11.4 Å². The summed E-state index contributed by atoms with van der Waals surface area (Å²) in [6.45, 7) is 2.21. The molecule has 0 spiro atoms. The summed E-state index contributed by atoms with van der Waals surface area (Å²) in [6.07, 6.45) is 0. The molecule has 1 fully saturated rings. The highest BCUT2D eigenvalue weighted by atomic mass is 35.5. The molecule has 1 saturated heterocycles. The fraction of sp³-hybridized carbons (Fsp3) is 0.208. The predicted octanol–water partition coefficient (Wildman–Crippen LogP) is 4.89. The minimum absolute atomic E-state index is 0.0408. The van der Waals surface area contributed by atoms with Gasteiger partial charge in [-0.05, 0) is 23.8 Å². The van der Waals surface area contributed by atoms with Gasteiger partial charge >= 0.3 is 0 Å². The molecule has 4 rings (SSSR count). The smallest absolute Gasteiger partial charge is 0.271 e. The number of non-ortho nitro benzene ring substituents is 1. The Morgan fingerprint density at radius 2 is 1.62 bits per heavy atom. The van der Waals surface area contributed by atoms with Gasteiger partial charge in [0, 0.05) is 49.4 Å². The second kappa shape index (κ2) is 9.28. The Hall–Kier alpha value is -3.58. The van der Waals surface area contributed by atoms with Crippen LogP contribution in [0, 0.1) is 10.1 Å². The Morgan fingerprint density at radius 1 is 0.969 bits per heavy atom. The zero-order valence-electron chi connectivity index (χ0n) is 17.5. The first kappa shape index (κ1) is 21.6. The largest absolute Gasteiger partial charge is 0.496 e. The highest BCUT2D eigenvalue weighted by molar-refractivity contribution is 6.33. The van der Waals surface area contributed by atoms with E-state index in [9.17, 15) is 14.9 Å². The molecule has 7 nitrogen and oxygen atoms in total. The lowest BCUT2D eigenvalue weighted by Gasteiger charge is -2.36. The molecule has 0 N–H and O–H groups in total. The third-order valence-electron chi connectivity index (χ3n) is 5.60. The van der Waals surface area contributed by atoms with Crippen molar-refractivity contribution in [2.24, 2.45) is 0 Å². The summed E-state index contributed by atoms with van der Waals surface area (Å²) in [4.78, 5) is 27.7. The molecule has 8 heteroatoms. The Morgan fingerprint density at radius 3 is 2.28 bits per heavy atom. The van der Waals surface area contributed by atoms with Gasteiger partial charge in [0.2, 0.25) is 0 Å². The predicted molar refractivity (Wildman–Crippen MR) is 125 cm³/mol. The number of hydrogen-bond donors (Lipinski definition) is 0. The van der Waals surface area contributed by atoms with Gasteiger partial charge in [0.25, 0.3) is 11.6 Å². The van der Waals surface area contributed by atoms with E-state index in [1.165, 1.54) is 12.1 Å². The van der Waals surface area contributed by atoms with Gasteiger partial charge in [-0.25, -0.2) is 0 Å². The van der Waals surface area contributed by atoms with Crippen molar-refractivity contribution in [1.82, 2.24) is 4.90 Å². The van der Waals surface area contributed by atoms with E-state index >= 15 is 0 Å². The van der Waals surface area contributed by atoms with Gasteiger partial charge in [-0.1, -0.05) is 48.0 Å². The summed E-state index contributed by atoms with van der Waals surface area (Å²) < 4.78 is 5.49. The molecule has 0 saturated carbocycles. The van der Waals surface area contributed by atoms with Crippen LogP contribution in [0.15, 0.2) is 66.7 Å². The lowest BCUT2D eigenvalue weighted by Crippen LogP contribution is -2.49. The molecule has 164 valence electrons. The highest BCUT2D eigenvalue weighted by Gasteiger charge is 2.26. The number of carbonyl (C=O) groups is 1. The molecule has 0 atom stereocenters. The first-order valence-corrected chi connectivity index (χ1v) is 10.6. The quantitative estimate of drug-likeness (QED) is 0.408. The summed E-state index contributed by atoms with van der Waals surface area (Å²) in [7, 11) is 1.62. The van der Waals surface area contributed by atoms with Crippen molar-refractivity contribution in [3.05, 3.63) is 87.4 Å². The molecule has 3 aromatic rings. The second-order valence-corrected chi connectivity index (χ2v) is 7.83. The number of ether oxygens (including phenoxy) is 1. The van der Waals surface area contributed by atoms with E-state index in [-0.39, 0.29) is 11.6 Å². The Balaban J connectivity index is 1.52. The van der Waals surface area contributed by atoms with Gasteiger partial charge in [-0.2, -0.15) is 0 Å². The van der Waals surface area contributed by atoms with Crippen molar-refractivity contribution in [3.8, 4) is 16.9 Å². The molecule has 0 aliphatic carbocycles.